The minimum absolute atomic E-state index is 0.283. The lowest BCUT2D eigenvalue weighted by Crippen LogP contribution is -2.45. The Morgan fingerprint density at radius 1 is 1.04 bits per heavy atom. The third-order valence-corrected chi connectivity index (χ3v) is 4.48. The van der Waals surface area contributed by atoms with Gasteiger partial charge in [0.2, 0.25) is 0 Å². The third kappa shape index (κ3) is 3.38. The predicted octanol–water partition coefficient (Wildman–Crippen LogP) is 4.29. The molecule has 2 aromatic carbocycles. The molecule has 0 heterocycles. The molecule has 1 aliphatic carbocycles. The molecule has 2 amide bonds. The van der Waals surface area contributed by atoms with Gasteiger partial charge < -0.3 is 10.6 Å². The molecule has 122 valence electrons. The van der Waals surface area contributed by atoms with E-state index in [1.165, 1.54) is 12.1 Å². The molecule has 24 heavy (non-hydrogen) atoms. The molecule has 4 nitrogen and oxygen atoms in total. The van der Waals surface area contributed by atoms with Gasteiger partial charge in [-0.2, -0.15) is 5.26 Å². The number of nitrogens with zero attached hydrogens (tertiary/aromatic N) is 1. The molecule has 2 aromatic rings. The van der Waals surface area contributed by atoms with Crippen molar-refractivity contribution in [2.24, 2.45) is 0 Å². The zero-order valence-corrected chi connectivity index (χ0v) is 13.2. The molecule has 3 rings (SSSR count). The molecule has 0 saturated heterocycles. The molecular weight excluding hydrogens is 305 g/mol. The van der Waals surface area contributed by atoms with Crippen molar-refractivity contribution in [3.63, 3.8) is 0 Å². The van der Waals surface area contributed by atoms with Crippen LogP contribution in [0.3, 0.4) is 0 Å². The Morgan fingerprint density at radius 2 is 1.67 bits per heavy atom. The monoisotopic (exact) mass is 323 g/mol. The summed E-state index contributed by atoms with van der Waals surface area (Å²) in [4.78, 5) is 12.4. The van der Waals surface area contributed by atoms with E-state index < -0.39 is 5.54 Å². The van der Waals surface area contributed by atoms with Crippen molar-refractivity contribution in [1.29, 1.82) is 5.26 Å². The van der Waals surface area contributed by atoms with Crippen molar-refractivity contribution in [2.45, 2.75) is 31.2 Å². The minimum Gasteiger partial charge on any atom is -0.328 e. The van der Waals surface area contributed by atoms with Crippen LogP contribution in [0.5, 0.6) is 0 Å². The van der Waals surface area contributed by atoms with Crippen molar-refractivity contribution in [3.05, 3.63) is 65.5 Å². The van der Waals surface area contributed by atoms with Crippen LogP contribution in [0, 0.1) is 17.1 Å². The van der Waals surface area contributed by atoms with Crippen LogP contribution >= 0.6 is 0 Å². The summed E-state index contributed by atoms with van der Waals surface area (Å²) < 4.78 is 13.2. The molecule has 0 radical (unpaired) electrons. The average Bonchev–Trinajstić information content (AvgIpc) is 3.05. The maximum atomic E-state index is 13.2. The van der Waals surface area contributed by atoms with E-state index in [0.29, 0.717) is 11.3 Å². The van der Waals surface area contributed by atoms with E-state index in [2.05, 4.69) is 10.6 Å². The van der Waals surface area contributed by atoms with Crippen LogP contribution < -0.4 is 10.6 Å². The van der Waals surface area contributed by atoms with Gasteiger partial charge in [-0.25, -0.2) is 9.18 Å². The smallest absolute Gasteiger partial charge is 0.319 e. The van der Waals surface area contributed by atoms with Gasteiger partial charge >= 0.3 is 6.03 Å². The zero-order chi connectivity index (χ0) is 17.0. The van der Waals surface area contributed by atoms with Crippen molar-refractivity contribution >= 4 is 11.7 Å². The van der Waals surface area contributed by atoms with E-state index in [1.807, 2.05) is 6.07 Å². The number of hydrogen-bond donors (Lipinski definition) is 2. The highest BCUT2D eigenvalue weighted by Crippen LogP contribution is 2.38. The Morgan fingerprint density at radius 3 is 2.25 bits per heavy atom. The van der Waals surface area contributed by atoms with Gasteiger partial charge in [-0.3, -0.25) is 0 Å². The molecule has 1 fully saturated rings. The highest BCUT2D eigenvalue weighted by molar-refractivity contribution is 5.90. The summed E-state index contributed by atoms with van der Waals surface area (Å²) in [6, 6.07) is 14.8. The standard InChI is InChI=1S/C19H18FN3O/c20-16-7-5-15(6-8-16)19(11-1-2-12-19)23-18(24)22-17-9-3-14(13-21)4-10-17/h3-10H,1-2,11-12H2,(H2,22,23,24). The van der Waals surface area contributed by atoms with Gasteiger partial charge in [0.05, 0.1) is 17.2 Å². The first-order chi connectivity index (χ1) is 11.6. The number of nitriles is 1. The van der Waals surface area contributed by atoms with E-state index in [-0.39, 0.29) is 11.8 Å². The Kier molecular flexibility index (Phi) is 4.48. The number of rotatable bonds is 3. The topological polar surface area (TPSA) is 64.9 Å². The number of nitrogens with one attached hydrogen (secondary N) is 2. The fraction of sp³-hybridized carbons (Fsp3) is 0.263. The lowest BCUT2D eigenvalue weighted by atomic mass is 9.88. The summed E-state index contributed by atoms with van der Waals surface area (Å²) in [5, 5.41) is 14.7. The second kappa shape index (κ2) is 6.71. The molecule has 0 unspecified atom stereocenters. The summed E-state index contributed by atoms with van der Waals surface area (Å²) in [6.07, 6.45) is 3.71. The highest BCUT2D eigenvalue weighted by Gasteiger charge is 2.37. The van der Waals surface area contributed by atoms with E-state index in [4.69, 9.17) is 5.26 Å². The van der Waals surface area contributed by atoms with Gasteiger partial charge in [-0.1, -0.05) is 25.0 Å². The molecule has 2 N–H and O–H groups in total. The average molecular weight is 323 g/mol. The zero-order valence-electron chi connectivity index (χ0n) is 13.2. The van der Waals surface area contributed by atoms with Crippen LogP contribution in [-0.2, 0) is 5.54 Å². The van der Waals surface area contributed by atoms with E-state index >= 15 is 0 Å². The first-order valence-corrected chi connectivity index (χ1v) is 7.97. The molecule has 0 atom stereocenters. The van der Waals surface area contributed by atoms with E-state index in [1.54, 1.807) is 36.4 Å². The number of halogens is 1. The van der Waals surface area contributed by atoms with Gasteiger partial charge in [0, 0.05) is 5.69 Å². The summed E-state index contributed by atoms with van der Waals surface area (Å²) >= 11 is 0. The lowest BCUT2D eigenvalue weighted by molar-refractivity contribution is 0.236. The molecule has 1 aliphatic rings. The Hall–Kier alpha value is -2.87. The van der Waals surface area contributed by atoms with Crippen LogP contribution in [-0.4, -0.2) is 6.03 Å². The number of benzene rings is 2. The van der Waals surface area contributed by atoms with Gasteiger partial charge in [0.25, 0.3) is 0 Å². The number of carbonyl (C=O) groups is 1. The van der Waals surface area contributed by atoms with Gasteiger partial charge in [-0.05, 0) is 54.8 Å². The summed E-state index contributed by atoms with van der Waals surface area (Å²) in [6.45, 7) is 0. The van der Waals surface area contributed by atoms with Gasteiger partial charge in [0.1, 0.15) is 5.82 Å². The van der Waals surface area contributed by atoms with Crippen molar-refractivity contribution in [1.82, 2.24) is 5.32 Å². The van der Waals surface area contributed by atoms with Crippen LogP contribution in [0.2, 0.25) is 0 Å². The molecule has 0 aliphatic heterocycles. The van der Waals surface area contributed by atoms with Crippen LogP contribution in [0.15, 0.2) is 48.5 Å². The lowest BCUT2D eigenvalue weighted by Gasteiger charge is -2.31. The molecule has 0 aromatic heterocycles. The van der Waals surface area contributed by atoms with Gasteiger partial charge in [-0.15, -0.1) is 0 Å². The summed E-state index contributed by atoms with van der Waals surface area (Å²) in [7, 11) is 0. The number of hydrogen-bond acceptors (Lipinski definition) is 2. The summed E-state index contributed by atoms with van der Waals surface area (Å²) in [5.41, 5.74) is 1.64. The number of carbonyl (C=O) groups excluding carboxylic acids is 1. The molecule has 0 spiro atoms. The SMILES string of the molecule is N#Cc1ccc(NC(=O)NC2(c3ccc(F)cc3)CCCC2)cc1. The van der Waals surface area contributed by atoms with Crippen LogP contribution in [0.1, 0.15) is 36.8 Å². The molecule has 1 saturated carbocycles. The minimum atomic E-state index is -0.454. The third-order valence-electron chi connectivity index (χ3n) is 4.48. The van der Waals surface area contributed by atoms with E-state index in [0.717, 1.165) is 31.2 Å². The van der Waals surface area contributed by atoms with Crippen molar-refractivity contribution in [2.75, 3.05) is 5.32 Å². The van der Waals surface area contributed by atoms with Crippen LogP contribution in [0.25, 0.3) is 0 Å². The highest BCUT2D eigenvalue weighted by atomic mass is 19.1. The Labute approximate surface area is 140 Å². The Bertz CT molecular complexity index is 757. The first kappa shape index (κ1) is 16.0. The predicted molar refractivity (Wildman–Crippen MR) is 89.9 cm³/mol. The second-order valence-corrected chi connectivity index (χ2v) is 6.06. The van der Waals surface area contributed by atoms with Crippen molar-refractivity contribution < 1.29 is 9.18 Å². The quantitative estimate of drug-likeness (QED) is 0.885. The van der Waals surface area contributed by atoms with Gasteiger partial charge in [0.15, 0.2) is 0 Å². The molecule has 0 bridgehead atoms. The summed E-state index contributed by atoms with van der Waals surface area (Å²) in [5.74, 6) is -0.283. The fourth-order valence-corrected chi connectivity index (χ4v) is 3.24. The first-order valence-electron chi connectivity index (χ1n) is 7.97. The largest absolute Gasteiger partial charge is 0.328 e. The van der Waals surface area contributed by atoms with Crippen molar-refractivity contribution in [3.8, 4) is 6.07 Å². The number of anilines is 1. The molecular formula is C19H18FN3O. The second-order valence-electron chi connectivity index (χ2n) is 6.06. The van der Waals surface area contributed by atoms with E-state index in [9.17, 15) is 9.18 Å². The molecule has 5 heteroatoms. The maximum absolute atomic E-state index is 13.2. The fourth-order valence-electron chi connectivity index (χ4n) is 3.24. The Balaban J connectivity index is 1.74. The maximum Gasteiger partial charge on any atom is 0.319 e. The van der Waals surface area contributed by atoms with Crippen LogP contribution in [0.4, 0.5) is 14.9 Å². The number of amides is 2. The normalized spacial score (nSPS) is 15.5. The number of urea groups is 1.